The molecule has 0 bridgehead atoms. The van der Waals surface area contributed by atoms with Crippen molar-refractivity contribution in [2.24, 2.45) is 17.6 Å². The Labute approximate surface area is 126 Å². The van der Waals surface area contributed by atoms with E-state index in [-0.39, 0.29) is 16.7 Å². The Morgan fingerprint density at radius 1 is 1.14 bits per heavy atom. The first-order chi connectivity index (χ1) is 9.90. The van der Waals surface area contributed by atoms with Crippen molar-refractivity contribution < 1.29 is 13.2 Å². The van der Waals surface area contributed by atoms with E-state index in [4.69, 9.17) is 5.73 Å². The lowest BCUT2D eigenvalue weighted by Crippen LogP contribution is -2.30. The van der Waals surface area contributed by atoms with Crippen molar-refractivity contribution in [1.82, 2.24) is 4.90 Å². The lowest BCUT2D eigenvalue weighted by atomic mass is 9.98. The minimum absolute atomic E-state index is 0.0641. The van der Waals surface area contributed by atoms with Crippen LogP contribution in [-0.4, -0.2) is 29.5 Å². The molecular formula is C15H19F3N2S. The van der Waals surface area contributed by atoms with Crippen LogP contribution in [0.3, 0.4) is 0 Å². The lowest BCUT2D eigenvalue weighted by Gasteiger charge is -2.18. The standard InChI is InChI=1S/C15H19F3N2S/c16-15(17,18)21-12-4-1-10(2-5-12)7-20-8-11-3-6-14(19)13(11)9-20/h1-2,4-5,11,13-14H,3,6-9,19H2. The number of halogens is 3. The summed E-state index contributed by atoms with van der Waals surface area (Å²) in [7, 11) is 0. The highest BCUT2D eigenvalue weighted by Gasteiger charge is 2.40. The van der Waals surface area contributed by atoms with Crippen LogP contribution < -0.4 is 5.73 Å². The van der Waals surface area contributed by atoms with Crippen molar-refractivity contribution >= 4 is 11.8 Å². The largest absolute Gasteiger partial charge is 0.446 e. The van der Waals surface area contributed by atoms with Gasteiger partial charge < -0.3 is 5.73 Å². The summed E-state index contributed by atoms with van der Waals surface area (Å²) in [5.74, 6) is 1.31. The predicted molar refractivity (Wildman–Crippen MR) is 77.8 cm³/mol. The minimum atomic E-state index is -4.22. The zero-order valence-electron chi connectivity index (χ0n) is 11.6. The molecule has 2 aliphatic rings. The first-order valence-electron chi connectivity index (χ1n) is 7.23. The third kappa shape index (κ3) is 3.73. The summed E-state index contributed by atoms with van der Waals surface area (Å²) in [6.07, 6.45) is 2.34. The van der Waals surface area contributed by atoms with E-state index in [9.17, 15) is 13.2 Å². The van der Waals surface area contributed by atoms with Crippen LogP contribution in [0.25, 0.3) is 0 Å². The van der Waals surface area contributed by atoms with Crippen molar-refractivity contribution in [2.75, 3.05) is 13.1 Å². The fraction of sp³-hybridized carbons (Fsp3) is 0.600. The Balaban J connectivity index is 1.57. The Morgan fingerprint density at radius 3 is 2.48 bits per heavy atom. The predicted octanol–water partition coefficient (Wildman–Crippen LogP) is 3.47. The van der Waals surface area contributed by atoms with Crippen LogP contribution in [0.4, 0.5) is 13.2 Å². The van der Waals surface area contributed by atoms with E-state index in [1.165, 1.54) is 6.42 Å². The average molecular weight is 316 g/mol. The van der Waals surface area contributed by atoms with Gasteiger partial charge in [-0.2, -0.15) is 13.2 Å². The molecule has 0 radical (unpaired) electrons. The van der Waals surface area contributed by atoms with Crippen LogP contribution in [0.1, 0.15) is 18.4 Å². The third-order valence-electron chi connectivity index (χ3n) is 4.55. The van der Waals surface area contributed by atoms with Gasteiger partial charge in [0.15, 0.2) is 0 Å². The second-order valence-electron chi connectivity index (χ2n) is 6.05. The molecule has 1 saturated heterocycles. The molecule has 1 aliphatic heterocycles. The second-order valence-corrected chi connectivity index (χ2v) is 7.19. The minimum Gasteiger partial charge on any atom is -0.327 e. The fourth-order valence-corrected chi connectivity index (χ4v) is 4.12. The highest BCUT2D eigenvalue weighted by atomic mass is 32.2. The number of fused-ring (bicyclic) bond motifs is 1. The maximum Gasteiger partial charge on any atom is 0.446 e. The molecular weight excluding hydrogens is 297 g/mol. The van der Waals surface area contributed by atoms with E-state index in [1.807, 2.05) is 0 Å². The SMILES string of the molecule is NC1CCC2CN(Cc3ccc(SC(F)(F)F)cc3)CC12. The highest BCUT2D eigenvalue weighted by Crippen LogP contribution is 2.38. The quantitative estimate of drug-likeness (QED) is 0.866. The van der Waals surface area contributed by atoms with Gasteiger partial charge in [-0.05, 0) is 54.1 Å². The van der Waals surface area contributed by atoms with E-state index in [1.54, 1.807) is 24.3 Å². The molecule has 2 fully saturated rings. The van der Waals surface area contributed by atoms with Crippen LogP contribution in [0.2, 0.25) is 0 Å². The molecule has 2 nitrogen and oxygen atoms in total. The van der Waals surface area contributed by atoms with Gasteiger partial charge >= 0.3 is 5.51 Å². The second kappa shape index (κ2) is 5.82. The Hall–Kier alpha value is -0.720. The van der Waals surface area contributed by atoms with Gasteiger partial charge in [0.05, 0.1) is 0 Å². The van der Waals surface area contributed by atoms with Crippen LogP contribution in [0, 0.1) is 11.8 Å². The van der Waals surface area contributed by atoms with Crippen LogP contribution in [0.15, 0.2) is 29.2 Å². The molecule has 0 amide bonds. The van der Waals surface area contributed by atoms with Gasteiger partial charge in [-0.3, -0.25) is 4.90 Å². The summed E-state index contributed by atoms with van der Waals surface area (Å²) < 4.78 is 36.8. The monoisotopic (exact) mass is 316 g/mol. The van der Waals surface area contributed by atoms with E-state index in [2.05, 4.69) is 4.90 Å². The number of benzene rings is 1. The average Bonchev–Trinajstić information content (AvgIpc) is 2.93. The molecule has 1 saturated carbocycles. The zero-order chi connectivity index (χ0) is 15.0. The van der Waals surface area contributed by atoms with Gasteiger partial charge in [-0.25, -0.2) is 0 Å². The van der Waals surface area contributed by atoms with E-state index < -0.39 is 5.51 Å². The molecule has 3 atom stereocenters. The molecule has 116 valence electrons. The van der Waals surface area contributed by atoms with Crippen LogP contribution in [0.5, 0.6) is 0 Å². The van der Waals surface area contributed by atoms with Gasteiger partial charge in [0, 0.05) is 30.6 Å². The molecule has 3 rings (SSSR count). The van der Waals surface area contributed by atoms with Crippen molar-refractivity contribution in [2.45, 2.75) is 35.8 Å². The van der Waals surface area contributed by atoms with Crippen LogP contribution in [-0.2, 0) is 6.54 Å². The molecule has 1 heterocycles. The normalized spacial score (nSPS) is 29.8. The van der Waals surface area contributed by atoms with Crippen LogP contribution >= 0.6 is 11.8 Å². The summed E-state index contributed by atoms with van der Waals surface area (Å²) in [4.78, 5) is 2.62. The molecule has 1 aromatic carbocycles. The smallest absolute Gasteiger partial charge is 0.327 e. The van der Waals surface area contributed by atoms with E-state index in [0.29, 0.717) is 17.9 Å². The maximum atomic E-state index is 12.3. The molecule has 0 aromatic heterocycles. The van der Waals surface area contributed by atoms with Gasteiger partial charge in [-0.15, -0.1) is 0 Å². The summed E-state index contributed by atoms with van der Waals surface area (Å²) >= 11 is -0.0641. The van der Waals surface area contributed by atoms with Gasteiger partial charge in [-0.1, -0.05) is 12.1 Å². The Morgan fingerprint density at radius 2 is 1.86 bits per heavy atom. The summed E-state index contributed by atoms with van der Waals surface area (Å²) in [5, 5.41) is 0. The fourth-order valence-electron chi connectivity index (χ4n) is 3.58. The first kappa shape index (κ1) is 15.2. The summed E-state index contributed by atoms with van der Waals surface area (Å²) in [6.45, 7) is 2.89. The maximum absolute atomic E-state index is 12.3. The number of hydrogen-bond donors (Lipinski definition) is 1. The van der Waals surface area contributed by atoms with Crippen molar-refractivity contribution in [1.29, 1.82) is 0 Å². The summed E-state index contributed by atoms with van der Waals surface area (Å²) in [5.41, 5.74) is 2.96. The number of rotatable bonds is 3. The van der Waals surface area contributed by atoms with E-state index >= 15 is 0 Å². The Kier molecular flexibility index (Phi) is 4.21. The van der Waals surface area contributed by atoms with Crippen molar-refractivity contribution in [3.8, 4) is 0 Å². The number of nitrogens with two attached hydrogens (primary N) is 1. The first-order valence-corrected chi connectivity index (χ1v) is 8.05. The van der Waals surface area contributed by atoms with E-state index in [0.717, 1.165) is 31.6 Å². The van der Waals surface area contributed by atoms with Gasteiger partial charge in [0.25, 0.3) is 0 Å². The highest BCUT2D eigenvalue weighted by molar-refractivity contribution is 8.00. The number of thioether (sulfide) groups is 1. The molecule has 2 N–H and O–H groups in total. The molecule has 6 heteroatoms. The molecule has 21 heavy (non-hydrogen) atoms. The zero-order valence-corrected chi connectivity index (χ0v) is 12.5. The molecule has 3 unspecified atom stereocenters. The number of alkyl halides is 3. The molecule has 1 aromatic rings. The van der Waals surface area contributed by atoms with Crippen molar-refractivity contribution in [3.05, 3.63) is 29.8 Å². The number of hydrogen-bond acceptors (Lipinski definition) is 3. The molecule has 0 spiro atoms. The topological polar surface area (TPSA) is 29.3 Å². The van der Waals surface area contributed by atoms with Gasteiger partial charge in [0.1, 0.15) is 0 Å². The summed E-state index contributed by atoms with van der Waals surface area (Å²) in [6, 6.07) is 7.02. The number of likely N-dealkylation sites (tertiary alicyclic amines) is 1. The van der Waals surface area contributed by atoms with Gasteiger partial charge in [0.2, 0.25) is 0 Å². The van der Waals surface area contributed by atoms with Crippen molar-refractivity contribution in [3.63, 3.8) is 0 Å². The third-order valence-corrected chi connectivity index (χ3v) is 5.29. The lowest BCUT2D eigenvalue weighted by molar-refractivity contribution is -0.0328. The number of nitrogens with zero attached hydrogens (tertiary/aromatic N) is 1. The molecule has 1 aliphatic carbocycles. The Bertz CT molecular complexity index is 489.